The summed E-state index contributed by atoms with van der Waals surface area (Å²) < 4.78 is 9.04. The van der Waals surface area contributed by atoms with Gasteiger partial charge in [-0.25, -0.2) is 0 Å². The molecule has 0 bridgehead atoms. The Bertz CT molecular complexity index is 3460. The molecule has 2 heterocycles. The Hall–Kier alpha value is -7.62. The van der Waals surface area contributed by atoms with Crippen LogP contribution in [-0.4, -0.2) is 4.57 Å². The van der Waals surface area contributed by atoms with Gasteiger partial charge in [0, 0.05) is 44.0 Å². The summed E-state index contributed by atoms with van der Waals surface area (Å²) in [6.45, 7) is 4.69. The van der Waals surface area contributed by atoms with Gasteiger partial charge < -0.3 is 13.9 Å². The lowest BCUT2D eigenvalue weighted by atomic mass is 9.82. The van der Waals surface area contributed by atoms with Crippen molar-refractivity contribution in [3.63, 3.8) is 0 Å². The van der Waals surface area contributed by atoms with Crippen LogP contribution in [-0.2, 0) is 5.41 Å². The van der Waals surface area contributed by atoms with Crippen LogP contribution in [0.15, 0.2) is 211 Å². The molecule has 3 nitrogen and oxygen atoms in total. The number of nitrogens with zero attached hydrogens (tertiary/aromatic N) is 2. The van der Waals surface area contributed by atoms with Crippen molar-refractivity contribution < 1.29 is 4.42 Å². The van der Waals surface area contributed by atoms with Gasteiger partial charge in [0.1, 0.15) is 5.58 Å². The molecule has 1 aliphatic carbocycles. The van der Waals surface area contributed by atoms with Gasteiger partial charge in [0.25, 0.3) is 0 Å². The van der Waals surface area contributed by atoms with Crippen LogP contribution in [0.3, 0.4) is 0 Å². The van der Waals surface area contributed by atoms with Crippen LogP contribution >= 0.6 is 0 Å². The van der Waals surface area contributed by atoms with Gasteiger partial charge in [0.15, 0.2) is 5.58 Å². The number of rotatable bonds is 6. The first-order chi connectivity index (χ1) is 29.5. The quantitative estimate of drug-likeness (QED) is 0.168. The van der Waals surface area contributed by atoms with E-state index in [0.29, 0.717) is 0 Å². The first kappa shape index (κ1) is 34.4. The van der Waals surface area contributed by atoms with Crippen molar-refractivity contribution in [3.05, 3.63) is 217 Å². The maximum atomic E-state index is 6.67. The van der Waals surface area contributed by atoms with Crippen molar-refractivity contribution in [1.29, 1.82) is 0 Å². The number of benzene rings is 9. The highest BCUT2D eigenvalue weighted by Gasteiger charge is 2.36. The zero-order valence-electron chi connectivity index (χ0n) is 33.4. The van der Waals surface area contributed by atoms with Crippen molar-refractivity contribution in [3.8, 4) is 39.1 Å². The fraction of sp³-hybridized carbons (Fsp3) is 0.0526. The van der Waals surface area contributed by atoms with Crippen LogP contribution in [0.2, 0.25) is 0 Å². The van der Waals surface area contributed by atoms with Crippen LogP contribution in [0.1, 0.15) is 25.0 Å². The Balaban J connectivity index is 0.956. The Labute approximate surface area is 349 Å². The first-order valence-electron chi connectivity index (χ1n) is 20.8. The molecule has 12 rings (SSSR count). The number of anilines is 3. The van der Waals surface area contributed by atoms with Crippen molar-refractivity contribution in [2.75, 3.05) is 4.90 Å². The average molecular weight is 769 g/mol. The highest BCUT2D eigenvalue weighted by Crippen LogP contribution is 2.51. The molecule has 0 amide bonds. The minimum Gasteiger partial charge on any atom is -0.454 e. The molecule has 60 heavy (non-hydrogen) atoms. The Morgan fingerprint density at radius 2 is 1.05 bits per heavy atom. The molecule has 0 N–H and O–H groups in total. The monoisotopic (exact) mass is 768 g/mol. The summed E-state index contributed by atoms with van der Waals surface area (Å²) >= 11 is 0. The second-order valence-electron chi connectivity index (χ2n) is 16.5. The summed E-state index contributed by atoms with van der Waals surface area (Å²) in [7, 11) is 0. The fourth-order valence-corrected chi connectivity index (χ4v) is 9.86. The van der Waals surface area contributed by atoms with Gasteiger partial charge in [-0.3, -0.25) is 0 Å². The summed E-state index contributed by atoms with van der Waals surface area (Å²) in [5.74, 6) is 0. The average Bonchev–Trinajstić information content (AvgIpc) is 3.93. The number of furan rings is 1. The van der Waals surface area contributed by atoms with Gasteiger partial charge in [-0.15, -0.1) is 0 Å². The standard InChI is InChI=1S/C57H40N2O/c1-57(2)50-22-9-6-18-44(50)45-32-31-43(36-51(45)57)58(54-24-13-21-48-47-20-8-11-25-55(47)60-56(48)54)42-29-26-37(27-30-42)38-14-12-15-39(34-38)40-28-33-53-49(35-40)46-19-7-10-23-52(46)59(53)41-16-4-3-5-17-41/h3-36H,1-2H3. The Morgan fingerprint density at radius 1 is 0.417 bits per heavy atom. The van der Waals surface area contributed by atoms with E-state index in [1.165, 1.54) is 66.4 Å². The summed E-state index contributed by atoms with van der Waals surface area (Å²) in [6.07, 6.45) is 0. The molecule has 284 valence electrons. The fourth-order valence-electron chi connectivity index (χ4n) is 9.86. The molecular formula is C57H40N2O. The molecule has 2 aromatic heterocycles. The lowest BCUT2D eigenvalue weighted by Crippen LogP contribution is -2.16. The number of aromatic nitrogens is 1. The molecule has 1 aliphatic rings. The minimum absolute atomic E-state index is 0.128. The molecule has 0 saturated heterocycles. The summed E-state index contributed by atoms with van der Waals surface area (Å²) in [5.41, 5.74) is 18.4. The van der Waals surface area contributed by atoms with Crippen molar-refractivity contribution >= 4 is 60.8 Å². The molecule has 9 aromatic carbocycles. The molecule has 0 atom stereocenters. The molecule has 0 unspecified atom stereocenters. The van der Waals surface area contributed by atoms with E-state index in [1.807, 2.05) is 6.07 Å². The third-order valence-electron chi connectivity index (χ3n) is 12.8. The molecule has 0 saturated carbocycles. The second kappa shape index (κ2) is 13.2. The van der Waals surface area contributed by atoms with E-state index in [-0.39, 0.29) is 5.41 Å². The van der Waals surface area contributed by atoms with Crippen LogP contribution in [0.5, 0.6) is 0 Å². The van der Waals surface area contributed by atoms with Crippen LogP contribution in [0.4, 0.5) is 17.1 Å². The largest absolute Gasteiger partial charge is 0.454 e. The lowest BCUT2D eigenvalue weighted by Gasteiger charge is -2.28. The summed E-state index contributed by atoms with van der Waals surface area (Å²) in [5, 5.41) is 4.74. The van der Waals surface area contributed by atoms with Gasteiger partial charge >= 0.3 is 0 Å². The van der Waals surface area contributed by atoms with E-state index >= 15 is 0 Å². The number of hydrogen-bond acceptors (Lipinski definition) is 2. The second-order valence-corrected chi connectivity index (χ2v) is 16.5. The van der Waals surface area contributed by atoms with E-state index in [1.54, 1.807) is 0 Å². The third-order valence-corrected chi connectivity index (χ3v) is 12.8. The van der Waals surface area contributed by atoms with E-state index in [4.69, 9.17) is 4.42 Å². The Kier molecular flexibility index (Phi) is 7.58. The molecule has 0 radical (unpaired) electrons. The minimum atomic E-state index is -0.128. The number of para-hydroxylation sites is 4. The SMILES string of the molecule is CC1(C)c2ccccc2-c2ccc(N(c3ccc(-c4cccc(-c5ccc6c(c5)c5ccccc5n6-c5ccccc5)c4)cc3)c3cccc4c3oc3ccccc34)cc21. The van der Waals surface area contributed by atoms with E-state index in [9.17, 15) is 0 Å². The van der Waals surface area contributed by atoms with Crippen molar-refractivity contribution in [2.45, 2.75) is 19.3 Å². The van der Waals surface area contributed by atoms with Gasteiger partial charge in [-0.1, -0.05) is 147 Å². The molecule has 0 aliphatic heterocycles. The van der Waals surface area contributed by atoms with Gasteiger partial charge in [-0.2, -0.15) is 0 Å². The number of fused-ring (bicyclic) bond motifs is 9. The summed E-state index contributed by atoms with van der Waals surface area (Å²) in [4.78, 5) is 2.37. The predicted molar refractivity (Wildman–Crippen MR) is 251 cm³/mol. The maximum absolute atomic E-state index is 6.67. The van der Waals surface area contributed by atoms with Crippen molar-refractivity contribution in [2.24, 2.45) is 0 Å². The van der Waals surface area contributed by atoms with E-state index in [2.05, 4.69) is 224 Å². The lowest BCUT2D eigenvalue weighted by molar-refractivity contribution is 0.660. The molecule has 3 heteroatoms. The summed E-state index contributed by atoms with van der Waals surface area (Å²) in [6, 6.07) is 74.8. The van der Waals surface area contributed by atoms with Crippen LogP contribution in [0, 0.1) is 0 Å². The number of hydrogen-bond donors (Lipinski definition) is 0. The van der Waals surface area contributed by atoms with E-state index in [0.717, 1.165) is 44.6 Å². The molecule has 0 spiro atoms. The first-order valence-corrected chi connectivity index (χ1v) is 20.8. The molecule has 0 fully saturated rings. The van der Waals surface area contributed by atoms with Gasteiger partial charge in [-0.05, 0) is 117 Å². The van der Waals surface area contributed by atoms with Gasteiger partial charge in [0.05, 0.1) is 16.7 Å². The topological polar surface area (TPSA) is 21.3 Å². The normalized spacial score (nSPS) is 13.0. The van der Waals surface area contributed by atoms with Crippen molar-refractivity contribution in [1.82, 2.24) is 4.57 Å². The van der Waals surface area contributed by atoms with Gasteiger partial charge in [0.2, 0.25) is 0 Å². The smallest absolute Gasteiger partial charge is 0.159 e. The van der Waals surface area contributed by atoms with Crippen LogP contribution < -0.4 is 4.90 Å². The highest BCUT2D eigenvalue weighted by atomic mass is 16.3. The zero-order chi connectivity index (χ0) is 40.0. The molecular weight excluding hydrogens is 729 g/mol. The zero-order valence-corrected chi connectivity index (χ0v) is 33.4. The maximum Gasteiger partial charge on any atom is 0.159 e. The highest BCUT2D eigenvalue weighted by molar-refractivity contribution is 6.11. The Morgan fingerprint density at radius 3 is 1.92 bits per heavy atom. The predicted octanol–water partition coefficient (Wildman–Crippen LogP) is 15.8. The third kappa shape index (κ3) is 5.22. The van der Waals surface area contributed by atoms with E-state index < -0.39 is 0 Å². The molecule has 11 aromatic rings. The van der Waals surface area contributed by atoms with Crippen LogP contribution in [0.25, 0.3) is 82.8 Å².